The van der Waals surface area contributed by atoms with Gasteiger partial charge in [-0.2, -0.15) is 0 Å². The second kappa shape index (κ2) is 4.90. The van der Waals surface area contributed by atoms with Gasteiger partial charge in [0.2, 0.25) is 0 Å². The summed E-state index contributed by atoms with van der Waals surface area (Å²) in [7, 11) is 1.47. The summed E-state index contributed by atoms with van der Waals surface area (Å²) in [5.41, 5.74) is 3.66. The fourth-order valence-corrected chi connectivity index (χ4v) is 1.81. The average molecular weight is 231 g/mol. The maximum Gasteiger partial charge on any atom is 0.267 e. The average Bonchev–Trinajstić information content (AvgIpc) is 2.39. The second-order valence-corrected chi connectivity index (χ2v) is 3.54. The lowest BCUT2D eigenvalue weighted by Crippen LogP contribution is -2.35. The van der Waals surface area contributed by atoms with Crippen molar-refractivity contribution < 1.29 is 9.53 Å². The molecular formula is C12H13N3O2. The number of aromatic nitrogens is 1. The molecule has 17 heavy (non-hydrogen) atoms. The standard InChI is InChI=1S/C12H13N3O2/c1-17-11(12(16)15-13)9-4-2-6-10-8(9)5-3-7-14-10/h2-7,11H,13H2,1H3,(H,15,16). The molecule has 0 saturated carbocycles. The second-order valence-electron chi connectivity index (χ2n) is 3.54. The third-order valence-corrected chi connectivity index (χ3v) is 2.58. The summed E-state index contributed by atoms with van der Waals surface area (Å²) in [6.45, 7) is 0. The van der Waals surface area contributed by atoms with Gasteiger partial charge in [0.25, 0.3) is 5.91 Å². The van der Waals surface area contributed by atoms with E-state index in [-0.39, 0.29) is 5.91 Å². The van der Waals surface area contributed by atoms with Gasteiger partial charge in [-0.15, -0.1) is 0 Å². The molecule has 0 fully saturated rings. The molecule has 2 rings (SSSR count). The molecule has 0 aliphatic rings. The Morgan fingerprint density at radius 2 is 2.24 bits per heavy atom. The van der Waals surface area contributed by atoms with Gasteiger partial charge in [0, 0.05) is 18.7 Å². The minimum atomic E-state index is -0.729. The van der Waals surface area contributed by atoms with Gasteiger partial charge in [-0.05, 0) is 17.7 Å². The molecule has 5 heteroatoms. The lowest BCUT2D eigenvalue weighted by Gasteiger charge is -2.15. The van der Waals surface area contributed by atoms with Crippen LogP contribution in [0.2, 0.25) is 0 Å². The Kier molecular flexibility index (Phi) is 3.32. The van der Waals surface area contributed by atoms with E-state index in [2.05, 4.69) is 10.4 Å². The van der Waals surface area contributed by atoms with Gasteiger partial charge >= 0.3 is 0 Å². The molecular weight excluding hydrogens is 218 g/mol. The summed E-state index contributed by atoms with van der Waals surface area (Å²) in [5, 5.41) is 0.880. The predicted molar refractivity (Wildman–Crippen MR) is 63.8 cm³/mol. The Labute approximate surface area is 98.6 Å². The Morgan fingerprint density at radius 1 is 1.41 bits per heavy atom. The highest BCUT2D eigenvalue weighted by Gasteiger charge is 2.21. The zero-order valence-corrected chi connectivity index (χ0v) is 9.38. The number of ether oxygens (including phenoxy) is 1. The van der Waals surface area contributed by atoms with Crippen LogP contribution in [0.15, 0.2) is 36.5 Å². The van der Waals surface area contributed by atoms with Crippen LogP contribution in [0.3, 0.4) is 0 Å². The summed E-state index contributed by atoms with van der Waals surface area (Å²) in [4.78, 5) is 15.8. The fourth-order valence-electron chi connectivity index (χ4n) is 1.81. The number of nitrogens with two attached hydrogens (primary N) is 1. The highest BCUT2D eigenvalue weighted by atomic mass is 16.5. The van der Waals surface area contributed by atoms with Crippen molar-refractivity contribution in [3.05, 3.63) is 42.1 Å². The van der Waals surface area contributed by atoms with E-state index in [9.17, 15) is 4.79 Å². The molecule has 0 aliphatic heterocycles. The van der Waals surface area contributed by atoms with Gasteiger partial charge < -0.3 is 4.74 Å². The topological polar surface area (TPSA) is 77.2 Å². The first-order valence-corrected chi connectivity index (χ1v) is 5.15. The van der Waals surface area contributed by atoms with Gasteiger partial charge in [0.15, 0.2) is 6.10 Å². The molecule has 0 radical (unpaired) electrons. The molecule has 1 aromatic carbocycles. The highest BCUT2D eigenvalue weighted by Crippen LogP contribution is 2.25. The van der Waals surface area contributed by atoms with E-state index in [1.807, 2.05) is 30.3 Å². The van der Waals surface area contributed by atoms with Gasteiger partial charge in [-0.25, -0.2) is 5.84 Å². The minimum absolute atomic E-state index is 0.385. The van der Waals surface area contributed by atoms with Crippen LogP contribution in [-0.2, 0) is 9.53 Å². The molecule has 1 unspecified atom stereocenters. The smallest absolute Gasteiger partial charge is 0.267 e. The molecule has 88 valence electrons. The first kappa shape index (κ1) is 11.5. The summed E-state index contributed by atoms with van der Waals surface area (Å²) < 4.78 is 5.18. The van der Waals surface area contributed by atoms with Crippen molar-refractivity contribution in [1.29, 1.82) is 0 Å². The van der Waals surface area contributed by atoms with Crippen molar-refractivity contribution in [3.63, 3.8) is 0 Å². The highest BCUT2D eigenvalue weighted by molar-refractivity contribution is 5.90. The number of rotatable bonds is 3. The first-order valence-electron chi connectivity index (χ1n) is 5.15. The zero-order chi connectivity index (χ0) is 12.3. The maximum atomic E-state index is 11.6. The number of benzene rings is 1. The van der Waals surface area contributed by atoms with Crippen molar-refractivity contribution >= 4 is 16.8 Å². The molecule has 0 saturated heterocycles. The number of hydrazine groups is 1. The number of amides is 1. The van der Waals surface area contributed by atoms with Crippen molar-refractivity contribution in [2.75, 3.05) is 7.11 Å². The number of hydrogen-bond donors (Lipinski definition) is 2. The van der Waals surface area contributed by atoms with E-state index >= 15 is 0 Å². The molecule has 1 atom stereocenters. The lowest BCUT2D eigenvalue weighted by molar-refractivity contribution is -0.131. The van der Waals surface area contributed by atoms with Crippen molar-refractivity contribution in [1.82, 2.24) is 10.4 Å². The SMILES string of the molecule is COC(C(=O)NN)c1cccc2ncccc12. The van der Waals surface area contributed by atoms with Crippen LogP contribution in [0.4, 0.5) is 0 Å². The number of carbonyl (C=O) groups excluding carboxylic acids is 1. The van der Waals surface area contributed by atoms with Crippen LogP contribution in [0, 0.1) is 0 Å². The van der Waals surface area contributed by atoms with Crippen LogP contribution in [0.25, 0.3) is 10.9 Å². The number of methoxy groups -OCH3 is 1. The molecule has 0 spiro atoms. The number of nitrogens with zero attached hydrogens (tertiary/aromatic N) is 1. The van der Waals surface area contributed by atoms with Gasteiger partial charge in [-0.3, -0.25) is 15.2 Å². The van der Waals surface area contributed by atoms with Crippen molar-refractivity contribution in [2.45, 2.75) is 6.10 Å². The molecule has 0 bridgehead atoms. The van der Waals surface area contributed by atoms with Gasteiger partial charge in [-0.1, -0.05) is 18.2 Å². The number of hydrogen-bond acceptors (Lipinski definition) is 4. The molecule has 1 amide bonds. The molecule has 0 aliphatic carbocycles. The van der Waals surface area contributed by atoms with E-state index < -0.39 is 6.10 Å². The van der Waals surface area contributed by atoms with Crippen LogP contribution < -0.4 is 11.3 Å². The Balaban J connectivity index is 2.57. The van der Waals surface area contributed by atoms with E-state index in [0.29, 0.717) is 0 Å². The third-order valence-electron chi connectivity index (χ3n) is 2.58. The predicted octanol–water partition coefficient (Wildman–Crippen LogP) is 0.912. The van der Waals surface area contributed by atoms with E-state index in [1.54, 1.807) is 6.20 Å². The minimum Gasteiger partial charge on any atom is -0.367 e. The van der Waals surface area contributed by atoms with Crippen molar-refractivity contribution in [3.8, 4) is 0 Å². The zero-order valence-electron chi connectivity index (χ0n) is 9.38. The quantitative estimate of drug-likeness (QED) is 0.467. The lowest BCUT2D eigenvalue weighted by atomic mass is 10.0. The number of nitrogens with one attached hydrogen (secondary N) is 1. The first-order chi connectivity index (χ1) is 8.27. The normalized spacial score (nSPS) is 12.4. The van der Waals surface area contributed by atoms with E-state index in [4.69, 9.17) is 10.6 Å². The third kappa shape index (κ3) is 2.11. The van der Waals surface area contributed by atoms with E-state index in [1.165, 1.54) is 7.11 Å². The number of fused-ring (bicyclic) bond motifs is 1. The fraction of sp³-hybridized carbons (Fsp3) is 0.167. The number of carbonyl (C=O) groups is 1. The Bertz CT molecular complexity index is 537. The monoisotopic (exact) mass is 231 g/mol. The summed E-state index contributed by atoms with van der Waals surface area (Å²) >= 11 is 0. The maximum absolute atomic E-state index is 11.6. The Hall–Kier alpha value is -1.98. The van der Waals surface area contributed by atoms with Crippen LogP contribution in [0.5, 0.6) is 0 Å². The summed E-state index contributed by atoms with van der Waals surface area (Å²) in [6.07, 6.45) is 0.976. The van der Waals surface area contributed by atoms with Gasteiger partial charge in [0.1, 0.15) is 0 Å². The molecule has 1 aromatic heterocycles. The summed E-state index contributed by atoms with van der Waals surface area (Å²) in [6, 6.07) is 9.26. The van der Waals surface area contributed by atoms with Crippen LogP contribution in [0.1, 0.15) is 11.7 Å². The largest absolute Gasteiger partial charge is 0.367 e. The molecule has 3 N–H and O–H groups in total. The molecule has 1 heterocycles. The summed E-state index contributed by atoms with van der Waals surface area (Å²) in [5.74, 6) is 4.75. The van der Waals surface area contributed by atoms with Crippen molar-refractivity contribution in [2.24, 2.45) is 5.84 Å². The molecule has 2 aromatic rings. The number of pyridine rings is 1. The van der Waals surface area contributed by atoms with Crippen LogP contribution in [-0.4, -0.2) is 18.0 Å². The van der Waals surface area contributed by atoms with Gasteiger partial charge in [0.05, 0.1) is 5.52 Å². The van der Waals surface area contributed by atoms with E-state index in [0.717, 1.165) is 16.5 Å². The Morgan fingerprint density at radius 3 is 2.94 bits per heavy atom. The molecule has 5 nitrogen and oxygen atoms in total. The van der Waals surface area contributed by atoms with Crippen LogP contribution >= 0.6 is 0 Å².